The van der Waals surface area contributed by atoms with E-state index in [9.17, 15) is 4.79 Å². The lowest BCUT2D eigenvalue weighted by molar-refractivity contribution is -0.323. The van der Waals surface area contributed by atoms with Gasteiger partial charge in [-0.15, -0.1) is 0 Å². The molecule has 12 nitrogen and oxygen atoms in total. The van der Waals surface area contributed by atoms with Crippen LogP contribution in [-0.2, 0) is 28.3 Å². The number of nitrogens with zero attached hydrogens (tertiary/aromatic N) is 8. The lowest BCUT2D eigenvalue weighted by atomic mass is 9.41. The molecular weight excluding hydrogens is 1590 g/mol. The molecule has 764 valence electrons. The first-order valence-electron chi connectivity index (χ1n) is 50.5. The first-order valence-corrected chi connectivity index (χ1v) is 50.5. The van der Waals surface area contributed by atoms with E-state index in [4.69, 9.17) is 14.2 Å². The first kappa shape index (κ1) is 125. The quantitative estimate of drug-likeness (QED) is 0.216. The smallest absolute Gasteiger partial charge is 0.345 e. The standard InChI is InChI=1S/3C16H33N.3C15H30O.C12H18.C8H12N2.C5H9N3O/c3*1-12(2)13(3,4)15(7,8)17(11)16(9,10)14(12,5)6;3*1-11(2)12(3,4)14(7,8)16-15(9,10)13(11,5)6;1-7-8(2)10(4)12(6)11(5)9(7)3;1-5-6(2)8(4)10-9-7(5)3;1-4-6-8(3)5(9)7(4)2/h3*1-11H3;3*1-10H3;1-6H3;1-4H3;1-3H3. The Morgan fingerprint density at radius 2 is 0.308 bits per heavy atom. The Bertz CT molecular complexity index is 3870. The number of hydrogen-bond acceptors (Lipinski definition) is 10. The highest BCUT2D eigenvalue weighted by Gasteiger charge is 2.73. The van der Waals surface area contributed by atoms with Gasteiger partial charge >= 0.3 is 5.69 Å². The van der Waals surface area contributed by atoms with E-state index in [2.05, 4.69) is 522 Å². The van der Waals surface area contributed by atoms with Gasteiger partial charge in [0.25, 0.3) is 0 Å². The number of aromatic nitrogens is 5. The zero-order valence-electron chi connectivity index (χ0n) is 102. The van der Waals surface area contributed by atoms with Crippen LogP contribution in [0.3, 0.4) is 0 Å². The highest BCUT2D eigenvalue weighted by atomic mass is 16.5. The van der Waals surface area contributed by atoms with Gasteiger partial charge in [0.1, 0.15) is 5.82 Å². The summed E-state index contributed by atoms with van der Waals surface area (Å²) in [7, 11) is 10.2. The Hall–Kier alpha value is -3.00. The molecular formula is C118H228N8O4. The van der Waals surface area contributed by atoms with Crippen LogP contribution in [0, 0.1) is 174 Å². The van der Waals surface area contributed by atoms with Crippen molar-refractivity contribution in [3.63, 3.8) is 0 Å². The normalized spacial score (nSPS) is 27.8. The van der Waals surface area contributed by atoms with Gasteiger partial charge in [-0.3, -0.25) is 19.3 Å². The molecule has 6 fully saturated rings. The molecule has 0 radical (unpaired) electrons. The van der Waals surface area contributed by atoms with E-state index in [1.54, 1.807) is 21.0 Å². The summed E-state index contributed by atoms with van der Waals surface area (Å²) in [5.74, 6) is 0.738. The molecule has 6 aliphatic heterocycles. The van der Waals surface area contributed by atoms with Crippen molar-refractivity contribution in [2.45, 2.75) is 558 Å². The highest BCUT2D eigenvalue weighted by molar-refractivity contribution is 5.48. The number of aryl methyl sites for hydroxylation is 4. The van der Waals surface area contributed by atoms with Gasteiger partial charge in [-0.25, -0.2) is 9.48 Å². The fourth-order valence-electron chi connectivity index (χ4n) is 24.3. The van der Waals surface area contributed by atoms with Crippen molar-refractivity contribution in [1.29, 1.82) is 0 Å². The molecule has 6 saturated heterocycles. The summed E-state index contributed by atoms with van der Waals surface area (Å²) >= 11 is 0. The summed E-state index contributed by atoms with van der Waals surface area (Å²) in [6.07, 6.45) is 0. The minimum Gasteiger partial charge on any atom is -0.369 e. The minimum atomic E-state index is -0.102. The second-order valence-electron chi connectivity index (χ2n) is 58.0. The maximum absolute atomic E-state index is 10.9. The molecule has 8 heterocycles. The monoisotopic (exact) mass is 1820 g/mol. The molecule has 0 aliphatic carbocycles. The lowest BCUT2D eigenvalue weighted by Crippen LogP contribution is -2.76. The van der Waals surface area contributed by atoms with Gasteiger partial charge in [-0.05, 0) is 405 Å². The van der Waals surface area contributed by atoms with Crippen molar-refractivity contribution in [3.8, 4) is 0 Å². The molecule has 0 saturated carbocycles. The summed E-state index contributed by atoms with van der Waals surface area (Å²) in [4.78, 5) is 18.6. The van der Waals surface area contributed by atoms with Gasteiger partial charge in [0, 0.05) is 47.3 Å². The Morgan fingerprint density at radius 3 is 0.408 bits per heavy atom. The van der Waals surface area contributed by atoms with E-state index in [1.165, 1.54) is 53.8 Å². The Balaban J connectivity index is 0.000000736. The summed E-state index contributed by atoms with van der Waals surface area (Å²) in [6, 6.07) is 0. The summed E-state index contributed by atoms with van der Waals surface area (Å²) < 4.78 is 22.1. The minimum absolute atomic E-state index is 0.0764. The average Bonchev–Trinajstić information content (AvgIpc) is 0.685. The second kappa shape index (κ2) is 36.0. The third kappa shape index (κ3) is 18.3. The van der Waals surface area contributed by atoms with Crippen LogP contribution < -0.4 is 5.69 Å². The largest absolute Gasteiger partial charge is 0.369 e. The van der Waals surface area contributed by atoms with Crippen molar-refractivity contribution in [2.24, 2.45) is 112 Å². The topological polar surface area (TPSA) is 103 Å². The van der Waals surface area contributed by atoms with Crippen LogP contribution in [0.5, 0.6) is 0 Å². The van der Waals surface area contributed by atoms with Crippen LogP contribution in [0.25, 0.3) is 0 Å². The molecule has 0 bridgehead atoms. The van der Waals surface area contributed by atoms with Crippen molar-refractivity contribution in [2.75, 3.05) is 21.1 Å². The summed E-state index contributed by atoms with van der Waals surface area (Å²) in [6.45, 7) is 165. The highest BCUT2D eigenvalue weighted by Crippen LogP contribution is 2.73. The predicted octanol–water partition coefficient (Wildman–Crippen LogP) is 32.3. The van der Waals surface area contributed by atoms with Gasteiger partial charge in [-0.2, -0.15) is 15.3 Å². The van der Waals surface area contributed by atoms with E-state index in [-0.39, 0.29) is 170 Å². The fourth-order valence-corrected chi connectivity index (χ4v) is 24.3. The number of benzene rings is 1. The second-order valence-corrected chi connectivity index (χ2v) is 58.0. The third-order valence-corrected chi connectivity index (χ3v) is 50.2. The van der Waals surface area contributed by atoms with E-state index in [1.807, 2.05) is 13.8 Å². The molecule has 0 atom stereocenters. The Morgan fingerprint density at radius 1 is 0.185 bits per heavy atom. The van der Waals surface area contributed by atoms with Gasteiger partial charge in [0.05, 0.1) is 45.0 Å². The lowest BCUT2D eigenvalue weighted by Gasteiger charge is -2.73. The average molecular weight is 1820 g/mol. The van der Waals surface area contributed by atoms with Crippen LogP contribution >= 0.6 is 0 Å². The van der Waals surface area contributed by atoms with Crippen LogP contribution in [0.2, 0.25) is 0 Å². The summed E-state index contributed by atoms with van der Waals surface area (Å²) in [5, 5.41) is 11.9. The maximum Gasteiger partial charge on any atom is 0.345 e. The van der Waals surface area contributed by atoms with Crippen molar-refractivity contribution in [3.05, 3.63) is 72.2 Å². The molecule has 12 heteroatoms. The Kier molecular flexibility index (Phi) is 34.6. The van der Waals surface area contributed by atoms with E-state index in [0.29, 0.717) is 0 Å². The number of ether oxygens (including phenoxy) is 3. The molecule has 2 aromatic heterocycles. The molecule has 130 heavy (non-hydrogen) atoms. The van der Waals surface area contributed by atoms with Crippen molar-refractivity contribution >= 4 is 0 Å². The maximum atomic E-state index is 10.9. The Labute approximate surface area is 811 Å². The molecule has 0 N–H and O–H groups in total. The van der Waals surface area contributed by atoms with Gasteiger partial charge in [-0.1, -0.05) is 249 Å². The number of hydrogen-bond donors (Lipinski definition) is 0. The molecule has 0 spiro atoms. The number of piperidine rings is 3. The predicted molar refractivity (Wildman–Crippen MR) is 573 cm³/mol. The van der Waals surface area contributed by atoms with Crippen LogP contribution in [0.15, 0.2) is 4.79 Å². The SMILES string of the molecule is CC1(C)OC(C)(C)C(C)(C)C(C)(C)C1(C)C.CC1(C)OC(C)(C)C(C)(C)C(C)(C)C1(C)C.CC1(C)OC(C)(C)C(C)(C)C(C)(C)C1(C)C.CN1C(C)(C)C(C)(C)C(C)(C)C(C)(C)C1(C)C.CN1C(C)(C)C(C)(C)C(C)(C)C(C)(C)C1(C)C.CN1C(C)(C)C(C)(C)C(C)(C)C(C)(C)C1(C)C.Cc1c(C)c(C)c(C)c(C)c1C.Cc1nn(C)c(=O)n1C.Cc1nnc(C)c(C)c1C. The first-order chi connectivity index (χ1) is 55.8. The molecule has 0 amide bonds. The molecule has 3 aromatic rings. The number of rotatable bonds is 0. The van der Waals surface area contributed by atoms with Crippen LogP contribution in [0.4, 0.5) is 0 Å². The third-order valence-electron chi connectivity index (χ3n) is 50.2. The van der Waals surface area contributed by atoms with Gasteiger partial charge in [0.15, 0.2) is 0 Å². The van der Waals surface area contributed by atoms with E-state index >= 15 is 0 Å². The summed E-state index contributed by atoms with van der Waals surface area (Å²) in [5.41, 5.74) is 17.6. The zero-order valence-corrected chi connectivity index (χ0v) is 102. The van der Waals surface area contributed by atoms with Gasteiger partial charge < -0.3 is 14.2 Å². The molecule has 1 aromatic carbocycles. The van der Waals surface area contributed by atoms with Crippen LogP contribution in [0.1, 0.15) is 477 Å². The number of likely N-dealkylation sites (tertiary alicyclic amines) is 3. The fraction of sp³-hybridized carbons (Fsp3) is 0.898. The zero-order chi connectivity index (χ0) is 106. The van der Waals surface area contributed by atoms with E-state index in [0.717, 1.165) is 17.2 Å². The van der Waals surface area contributed by atoms with Crippen molar-refractivity contribution < 1.29 is 14.2 Å². The molecule has 6 aliphatic rings. The molecule has 0 unspecified atom stereocenters. The van der Waals surface area contributed by atoms with Crippen molar-refractivity contribution in [1.82, 2.24) is 39.2 Å². The molecule has 9 rings (SSSR count). The van der Waals surface area contributed by atoms with Gasteiger partial charge in [0.2, 0.25) is 0 Å². The van der Waals surface area contributed by atoms with E-state index < -0.39 is 0 Å². The van der Waals surface area contributed by atoms with Crippen LogP contribution in [-0.4, -0.2) is 127 Å².